The Bertz CT molecular complexity index is 1920. The molecule has 3 aromatic carbocycles. The lowest BCUT2D eigenvalue weighted by atomic mass is 9.83. The maximum Gasteiger partial charge on any atom is 0.308 e. The molecular formula is C31H26N4O8S2. The number of thioether (sulfide) groups is 1. The molecule has 3 atom stereocenters. The number of methoxy groups -OCH3 is 2. The number of imide groups is 1. The zero-order valence-corrected chi connectivity index (χ0v) is 25.8. The molecule has 0 spiro atoms. The second kappa shape index (κ2) is 11.9. The van der Waals surface area contributed by atoms with Gasteiger partial charge in [0.15, 0.2) is 11.5 Å². The van der Waals surface area contributed by atoms with Gasteiger partial charge in [-0.15, -0.1) is 0 Å². The number of nitrogens with one attached hydrogen (secondary N) is 1. The van der Waals surface area contributed by atoms with E-state index in [0.717, 1.165) is 33.6 Å². The van der Waals surface area contributed by atoms with Gasteiger partial charge in [-0.1, -0.05) is 41.3 Å². The number of nitro groups is 1. The molecule has 0 aliphatic carbocycles. The second-order valence-electron chi connectivity index (χ2n) is 10.5. The van der Waals surface area contributed by atoms with Crippen molar-refractivity contribution in [2.75, 3.05) is 24.4 Å². The molecule has 1 saturated heterocycles. The van der Waals surface area contributed by atoms with Crippen LogP contribution in [0, 0.1) is 23.0 Å². The summed E-state index contributed by atoms with van der Waals surface area (Å²) in [4.78, 5) is 66.4. The van der Waals surface area contributed by atoms with Crippen LogP contribution in [0.2, 0.25) is 0 Å². The van der Waals surface area contributed by atoms with Crippen LogP contribution in [-0.4, -0.2) is 46.7 Å². The van der Waals surface area contributed by atoms with E-state index in [1.165, 1.54) is 43.1 Å². The third kappa shape index (κ3) is 5.36. The first kappa shape index (κ1) is 30.1. The Morgan fingerprint density at radius 2 is 1.71 bits per heavy atom. The van der Waals surface area contributed by atoms with E-state index in [9.17, 15) is 29.3 Å². The van der Waals surface area contributed by atoms with Crippen LogP contribution in [0.3, 0.4) is 0 Å². The van der Waals surface area contributed by atoms with Crippen molar-refractivity contribution in [3.8, 4) is 11.5 Å². The number of thiazole rings is 1. The summed E-state index contributed by atoms with van der Waals surface area (Å²) in [7, 11) is 2.98. The summed E-state index contributed by atoms with van der Waals surface area (Å²) in [6.07, 6.45) is 0. The van der Waals surface area contributed by atoms with Crippen LogP contribution in [0.4, 0.5) is 17.1 Å². The summed E-state index contributed by atoms with van der Waals surface area (Å²) in [5, 5.41) is 13.5. The van der Waals surface area contributed by atoms with Gasteiger partial charge in [0, 0.05) is 28.6 Å². The molecule has 1 fully saturated rings. The molecule has 3 amide bonds. The van der Waals surface area contributed by atoms with Crippen LogP contribution in [0.25, 0.3) is 0 Å². The third-order valence-corrected chi connectivity index (χ3v) is 10.3. The topological polar surface area (TPSA) is 150 Å². The number of hydrogen-bond acceptors (Lipinski definition) is 10. The molecule has 45 heavy (non-hydrogen) atoms. The number of anilines is 2. The van der Waals surface area contributed by atoms with Gasteiger partial charge in [-0.2, -0.15) is 0 Å². The van der Waals surface area contributed by atoms with Crippen molar-refractivity contribution in [3.05, 3.63) is 103 Å². The lowest BCUT2D eigenvalue weighted by Crippen LogP contribution is -2.33. The fraction of sp³-hybridized carbons (Fsp3) is 0.226. The van der Waals surface area contributed by atoms with Gasteiger partial charge in [-0.05, 0) is 54.4 Å². The number of amides is 3. The molecule has 1 aromatic heterocycles. The van der Waals surface area contributed by atoms with Gasteiger partial charge in [0.25, 0.3) is 5.69 Å². The predicted molar refractivity (Wildman–Crippen MR) is 169 cm³/mol. The molecule has 0 saturated carbocycles. The zero-order chi connectivity index (χ0) is 32.0. The van der Waals surface area contributed by atoms with Gasteiger partial charge in [-0.3, -0.25) is 33.9 Å². The Morgan fingerprint density at radius 3 is 2.38 bits per heavy atom. The minimum atomic E-state index is -0.932. The molecule has 2 aliphatic rings. The molecule has 14 heteroatoms. The van der Waals surface area contributed by atoms with E-state index < -0.39 is 44.6 Å². The monoisotopic (exact) mass is 646 g/mol. The summed E-state index contributed by atoms with van der Waals surface area (Å²) in [6.45, 7) is 1.60. The van der Waals surface area contributed by atoms with E-state index in [2.05, 4.69) is 5.32 Å². The highest BCUT2D eigenvalue weighted by molar-refractivity contribution is 8.00. The predicted octanol–water partition coefficient (Wildman–Crippen LogP) is 4.58. The third-order valence-electron chi connectivity index (χ3n) is 7.74. The Balaban J connectivity index is 1.43. The van der Waals surface area contributed by atoms with Crippen molar-refractivity contribution >= 4 is 57.9 Å². The minimum Gasteiger partial charge on any atom is -0.493 e. The molecule has 230 valence electrons. The highest BCUT2D eigenvalue weighted by atomic mass is 32.2. The number of aryl methyl sites for hydroxylation is 1. The van der Waals surface area contributed by atoms with Crippen LogP contribution >= 0.6 is 23.1 Å². The van der Waals surface area contributed by atoms with E-state index in [0.29, 0.717) is 32.7 Å². The van der Waals surface area contributed by atoms with Gasteiger partial charge in [0.1, 0.15) is 11.8 Å². The van der Waals surface area contributed by atoms with E-state index in [-0.39, 0.29) is 17.9 Å². The molecule has 0 radical (unpaired) electrons. The summed E-state index contributed by atoms with van der Waals surface area (Å²) in [5.74, 6) is -2.21. The quantitative estimate of drug-likeness (QED) is 0.165. The zero-order valence-electron chi connectivity index (χ0n) is 24.2. The lowest BCUT2D eigenvalue weighted by Gasteiger charge is -2.31. The Morgan fingerprint density at radius 1 is 0.978 bits per heavy atom. The molecule has 4 aromatic rings. The van der Waals surface area contributed by atoms with Crippen molar-refractivity contribution in [2.45, 2.75) is 29.7 Å². The first-order valence-corrected chi connectivity index (χ1v) is 15.4. The number of fused-ring (bicyclic) bond motifs is 2. The molecule has 1 N–H and O–H groups in total. The summed E-state index contributed by atoms with van der Waals surface area (Å²) < 4.78 is 12.3. The van der Waals surface area contributed by atoms with E-state index in [1.807, 2.05) is 25.1 Å². The first-order valence-electron chi connectivity index (χ1n) is 13.7. The summed E-state index contributed by atoms with van der Waals surface area (Å²) in [6, 6.07) is 17.6. The highest BCUT2D eigenvalue weighted by Gasteiger charge is 2.57. The fourth-order valence-corrected chi connectivity index (χ4v) is 8.48. The van der Waals surface area contributed by atoms with Crippen LogP contribution in [0.1, 0.15) is 21.9 Å². The number of benzene rings is 3. The minimum absolute atomic E-state index is 0.178. The molecule has 2 aliphatic heterocycles. The number of nitrogens with zero attached hydrogens (tertiary/aromatic N) is 3. The van der Waals surface area contributed by atoms with Crippen LogP contribution < -0.4 is 24.6 Å². The molecule has 3 heterocycles. The summed E-state index contributed by atoms with van der Waals surface area (Å²) in [5.41, 5.74) is 2.19. The number of nitro benzene ring substituents is 1. The number of ether oxygens (including phenoxy) is 2. The average Bonchev–Trinajstić information content (AvgIpc) is 3.46. The fourth-order valence-electron chi connectivity index (χ4n) is 5.71. The highest BCUT2D eigenvalue weighted by Crippen LogP contribution is 2.54. The van der Waals surface area contributed by atoms with Crippen LogP contribution in [0.5, 0.6) is 11.5 Å². The summed E-state index contributed by atoms with van der Waals surface area (Å²) >= 11 is 2.00. The molecule has 0 bridgehead atoms. The number of carbonyl (C=O) groups is 3. The SMILES string of the molecule is COc1ccc(C2c3sc(=O)n(CC(=O)Nc4cccc(C)c4)c3SC3C(=O)N(c4ccc([N+](=O)[O-])cc4)C(=O)C32)cc1OC. The van der Waals surface area contributed by atoms with Crippen molar-refractivity contribution < 1.29 is 28.8 Å². The van der Waals surface area contributed by atoms with Gasteiger partial charge in [0.05, 0.1) is 35.8 Å². The molecule has 6 rings (SSSR count). The van der Waals surface area contributed by atoms with E-state index in [1.54, 1.807) is 24.3 Å². The van der Waals surface area contributed by atoms with Crippen LogP contribution in [0.15, 0.2) is 76.6 Å². The van der Waals surface area contributed by atoms with Crippen molar-refractivity contribution in [1.82, 2.24) is 4.57 Å². The number of aromatic nitrogens is 1. The van der Waals surface area contributed by atoms with Crippen LogP contribution in [-0.2, 0) is 20.9 Å². The maximum atomic E-state index is 14.1. The largest absolute Gasteiger partial charge is 0.493 e. The normalized spacial score (nSPS) is 18.7. The second-order valence-corrected chi connectivity index (χ2v) is 12.6. The number of carbonyl (C=O) groups excluding carboxylic acids is 3. The van der Waals surface area contributed by atoms with Crippen molar-refractivity contribution in [3.63, 3.8) is 0 Å². The Hall–Kier alpha value is -4.95. The van der Waals surface area contributed by atoms with Crippen molar-refractivity contribution in [2.24, 2.45) is 5.92 Å². The van der Waals surface area contributed by atoms with Gasteiger partial charge in [-0.25, -0.2) is 4.90 Å². The molecule has 12 nitrogen and oxygen atoms in total. The number of hydrogen-bond donors (Lipinski definition) is 1. The standard InChI is InChI=1S/C31H26N4O8S2/c1-16-5-4-6-18(13-16)32-23(36)15-33-30-27(45-31(33)39)24(17-7-12-21(42-2)22(14-17)43-3)25-26(44-30)29(38)34(28(25)37)19-8-10-20(11-9-19)35(40)41/h4-14,24-26H,15H2,1-3H3,(H,32,36). The molecule has 3 unspecified atom stereocenters. The number of rotatable bonds is 8. The number of non-ortho nitro benzene ring substituents is 1. The van der Waals surface area contributed by atoms with Gasteiger partial charge < -0.3 is 14.8 Å². The maximum absolute atomic E-state index is 14.1. The van der Waals surface area contributed by atoms with Gasteiger partial charge in [0.2, 0.25) is 17.7 Å². The van der Waals surface area contributed by atoms with E-state index >= 15 is 0 Å². The van der Waals surface area contributed by atoms with Crippen molar-refractivity contribution in [1.29, 1.82) is 0 Å². The lowest BCUT2D eigenvalue weighted by molar-refractivity contribution is -0.384. The first-order chi connectivity index (χ1) is 21.6. The van der Waals surface area contributed by atoms with Gasteiger partial charge >= 0.3 is 4.87 Å². The smallest absolute Gasteiger partial charge is 0.308 e. The Kier molecular flexibility index (Phi) is 7.93. The van der Waals surface area contributed by atoms with E-state index in [4.69, 9.17) is 9.47 Å². The molecular weight excluding hydrogens is 620 g/mol. The average molecular weight is 647 g/mol. The Labute approximate surface area is 264 Å².